The SMILES string of the molecule is CCOC(=O)c1ccc(N)c(N(CCOC)C2CC2)c1. The van der Waals surface area contributed by atoms with Crippen molar-refractivity contribution in [3.63, 3.8) is 0 Å². The van der Waals surface area contributed by atoms with Crippen molar-refractivity contribution in [3.8, 4) is 0 Å². The van der Waals surface area contributed by atoms with Crippen molar-refractivity contribution in [2.75, 3.05) is 37.5 Å². The van der Waals surface area contributed by atoms with E-state index in [9.17, 15) is 4.79 Å². The summed E-state index contributed by atoms with van der Waals surface area (Å²) in [5.74, 6) is -0.309. The molecule has 1 aliphatic rings. The van der Waals surface area contributed by atoms with Gasteiger partial charge in [-0.05, 0) is 38.0 Å². The van der Waals surface area contributed by atoms with Gasteiger partial charge >= 0.3 is 5.97 Å². The molecule has 5 heteroatoms. The summed E-state index contributed by atoms with van der Waals surface area (Å²) in [6.07, 6.45) is 2.32. The Hall–Kier alpha value is -1.75. The number of anilines is 2. The van der Waals surface area contributed by atoms with Crippen molar-refractivity contribution >= 4 is 17.3 Å². The average molecular weight is 278 g/mol. The third-order valence-corrected chi connectivity index (χ3v) is 3.37. The number of hydrogen-bond acceptors (Lipinski definition) is 5. The van der Waals surface area contributed by atoms with E-state index in [-0.39, 0.29) is 5.97 Å². The Morgan fingerprint density at radius 1 is 1.45 bits per heavy atom. The molecule has 0 aliphatic heterocycles. The summed E-state index contributed by atoms with van der Waals surface area (Å²) in [6, 6.07) is 5.80. The Kier molecular flexibility index (Phi) is 4.84. The molecule has 0 atom stereocenters. The maximum atomic E-state index is 11.8. The van der Waals surface area contributed by atoms with Crippen LogP contribution in [-0.2, 0) is 9.47 Å². The third-order valence-electron chi connectivity index (χ3n) is 3.37. The molecular weight excluding hydrogens is 256 g/mol. The van der Waals surface area contributed by atoms with Crippen LogP contribution < -0.4 is 10.6 Å². The first-order valence-corrected chi connectivity index (χ1v) is 6.99. The number of nitrogens with zero attached hydrogens (tertiary/aromatic N) is 1. The summed E-state index contributed by atoms with van der Waals surface area (Å²) < 4.78 is 10.2. The van der Waals surface area contributed by atoms with Gasteiger partial charge in [-0.3, -0.25) is 0 Å². The highest BCUT2D eigenvalue weighted by Crippen LogP contribution is 2.35. The number of methoxy groups -OCH3 is 1. The lowest BCUT2D eigenvalue weighted by atomic mass is 10.1. The minimum Gasteiger partial charge on any atom is -0.462 e. The average Bonchev–Trinajstić information content (AvgIpc) is 3.26. The lowest BCUT2D eigenvalue weighted by Crippen LogP contribution is -2.30. The van der Waals surface area contributed by atoms with Crippen LogP contribution in [0.3, 0.4) is 0 Å². The summed E-state index contributed by atoms with van der Waals surface area (Å²) in [5.41, 5.74) is 8.19. The number of nitrogens with two attached hydrogens (primary N) is 1. The fourth-order valence-electron chi connectivity index (χ4n) is 2.21. The second-order valence-electron chi connectivity index (χ2n) is 4.91. The quantitative estimate of drug-likeness (QED) is 0.611. The number of carbonyl (C=O) groups is 1. The van der Waals surface area contributed by atoms with Gasteiger partial charge in [-0.1, -0.05) is 0 Å². The first-order valence-electron chi connectivity index (χ1n) is 6.99. The molecule has 0 unspecified atom stereocenters. The first-order chi connectivity index (χ1) is 9.67. The van der Waals surface area contributed by atoms with Crippen LogP contribution in [0, 0.1) is 0 Å². The molecule has 0 amide bonds. The molecule has 1 saturated carbocycles. The number of ether oxygens (including phenoxy) is 2. The fraction of sp³-hybridized carbons (Fsp3) is 0.533. The van der Waals surface area contributed by atoms with Gasteiger partial charge < -0.3 is 20.1 Å². The predicted molar refractivity (Wildman–Crippen MR) is 79.1 cm³/mol. The van der Waals surface area contributed by atoms with E-state index in [1.165, 1.54) is 0 Å². The molecule has 0 heterocycles. The molecule has 1 aromatic carbocycles. The Bertz CT molecular complexity index is 472. The third kappa shape index (κ3) is 3.42. The largest absolute Gasteiger partial charge is 0.462 e. The molecule has 1 aromatic rings. The van der Waals surface area contributed by atoms with Gasteiger partial charge in [0.15, 0.2) is 0 Å². The van der Waals surface area contributed by atoms with E-state index in [1.54, 1.807) is 26.2 Å². The van der Waals surface area contributed by atoms with Gasteiger partial charge in [0.2, 0.25) is 0 Å². The Balaban J connectivity index is 2.23. The zero-order chi connectivity index (χ0) is 14.5. The lowest BCUT2D eigenvalue weighted by molar-refractivity contribution is 0.0526. The highest BCUT2D eigenvalue weighted by atomic mass is 16.5. The Labute approximate surface area is 119 Å². The van der Waals surface area contributed by atoms with Crippen molar-refractivity contribution < 1.29 is 14.3 Å². The van der Waals surface area contributed by atoms with Crippen LogP contribution in [0.1, 0.15) is 30.1 Å². The van der Waals surface area contributed by atoms with Crippen LogP contribution in [-0.4, -0.2) is 38.9 Å². The lowest BCUT2D eigenvalue weighted by Gasteiger charge is -2.26. The predicted octanol–water partition coefficient (Wildman–Crippen LogP) is 2.06. The highest BCUT2D eigenvalue weighted by molar-refractivity contribution is 5.92. The van der Waals surface area contributed by atoms with E-state index < -0.39 is 0 Å². The highest BCUT2D eigenvalue weighted by Gasteiger charge is 2.30. The zero-order valence-corrected chi connectivity index (χ0v) is 12.1. The number of benzene rings is 1. The van der Waals surface area contributed by atoms with Crippen molar-refractivity contribution in [2.24, 2.45) is 0 Å². The van der Waals surface area contributed by atoms with Crippen molar-refractivity contribution in [3.05, 3.63) is 23.8 Å². The molecular formula is C15H22N2O3. The normalized spacial score (nSPS) is 14.1. The first kappa shape index (κ1) is 14.7. The summed E-state index contributed by atoms with van der Waals surface area (Å²) in [6.45, 7) is 3.58. The minimum atomic E-state index is -0.309. The van der Waals surface area contributed by atoms with Gasteiger partial charge in [-0.15, -0.1) is 0 Å². The van der Waals surface area contributed by atoms with Gasteiger partial charge in [-0.2, -0.15) is 0 Å². The Morgan fingerprint density at radius 3 is 2.80 bits per heavy atom. The molecule has 20 heavy (non-hydrogen) atoms. The maximum absolute atomic E-state index is 11.8. The van der Waals surface area contributed by atoms with E-state index in [0.717, 1.165) is 25.1 Å². The number of rotatable bonds is 7. The van der Waals surface area contributed by atoms with Gasteiger partial charge in [-0.25, -0.2) is 4.79 Å². The van der Waals surface area contributed by atoms with Crippen molar-refractivity contribution in [1.82, 2.24) is 0 Å². The molecule has 5 nitrogen and oxygen atoms in total. The van der Waals surface area contributed by atoms with Crippen molar-refractivity contribution in [2.45, 2.75) is 25.8 Å². The van der Waals surface area contributed by atoms with E-state index >= 15 is 0 Å². The van der Waals surface area contributed by atoms with Gasteiger partial charge in [0.05, 0.1) is 30.2 Å². The van der Waals surface area contributed by atoms with Crippen LogP contribution in [0.15, 0.2) is 18.2 Å². The molecule has 2 N–H and O–H groups in total. The summed E-state index contributed by atoms with van der Waals surface area (Å²) in [4.78, 5) is 14.0. The van der Waals surface area contributed by atoms with E-state index in [2.05, 4.69) is 4.90 Å². The molecule has 0 saturated heterocycles. The monoisotopic (exact) mass is 278 g/mol. The number of hydrogen-bond donors (Lipinski definition) is 1. The number of carbonyl (C=O) groups excluding carboxylic acids is 1. The summed E-state index contributed by atoms with van der Waals surface area (Å²) >= 11 is 0. The van der Waals surface area contributed by atoms with E-state index in [1.807, 2.05) is 6.07 Å². The number of nitrogen functional groups attached to an aromatic ring is 1. The second kappa shape index (κ2) is 6.61. The van der Waals surface area contributed by atoms with Crippen LogP contribution in [0.4, 0.5) is 11.4 Å². The van der Waals surface area contributed by atoms with Crippen LogP contribution in [0.2, 0.25) is 0 Å². The van der Waals surface area contributed by atoms with Crippen LogP contribution in [0.5, 0.6) is 0 Å². The number of esters is 1. The minimum absolute atomic E-state index is 0.309. The van der Waals surface area contributed by atoms with Gasteiger partial charge in [0, 0.05) is 19.7 Å². The standard InChI is InChI=1S/C15H22N2O3/c1-3-20-15(18)11-4-7-13(16)14(10-11)17(8-9-19-2)12-5-6-12/h4,7,10,12H,3,5-6,8-9,16H2,1-2H3. The topological polar surface area (TPSA) is 64.8 Å². The van der Waals surface area contributed by atoms with E-state index in [4.69, 9.17) is 15.2 Å². The zero-order valence-electron chi connectivity index (χ0n) is 12.1. The Morgan fingerprint density at radius 2 is 2.20 bits per heavy atom. The van der Waals surface area contributed by atoms with Crippen molar-refractivity contribution in [1.29, 1.82) is 0 Å². The van der Waals surface area contributed by atoms with Gasteiger partial charge in [0.25, 0.3) is 0 Å². The smallest absolute Gasteiger partial charge is 0.338 e. The second-order valence-corrected chi connectivity index (χ2v) is 4.91. The molecule has 0 radical (unpaired) electrons. The van der Waals surface area contributed by atoms with E-state index in [0.29, 0.717) is 30.5 Å². The molecule has 110 valence electrons. The molecule has 1 aliphatic carbocycles. The molecule has 0 spiro atoms. The van der Waals surface area contributed by atoms with Crippen LogP contribution >= 0.6 is 0 Å². The van der Waals surface area contributed by atoms with Crippen LogP contribution in [0.25, 0.3) is 0 Å². The molecule has 1 fully saturated rings. The molecule has 2 rings (SSSR count). The maximum Gasteiger partial charge on any atom is 0.338 e. The summed E-state index contributed by atoms with van der Waals surface area (Å²) in [7, 11) is 1.68. The molecule has 0 aromatic heterocycles. The van der Waals surface area contributed by atoms with Gasteiger partial charge in [0.1, 0.15) is 0 Å². The summed E-state index contributed by atoms with van der Waals surface area (Å²) in [5, 5.41) is 0. The fourth-order valence-corrected chi connectivity index (χ4v) is 2.21. The molecule has 0 bridgehead atoms.